The van der Waals surface area contributed by atoms with E-state index in [1.54, 1.807) is 0 Å². The zero-order valence-electron chi connectivity index (χ0n) is 3.29. The summed E-state index contributed by atoms with van der Waals surface area (Å²) in [5.74, 6) is 0. The van der Waals surface area contributed by atoms with Crippen molar-refractivity contribution in [3.05, 3.63) is 23.0 Å². The maximum absolute atomic E-state index is 9.97. The Labute approximate surface area is 38.8 Å². The third-order valence-electron chi connectivity index (χ3n) is 0.408. The van der Waals surface area contributed by atoms with Gasteiger partial charge in [-0.3, -0.25) is 0 Å². The van der Waals surface area contributed by atoms with Crippen molar-refractivity contribution < 1.29 is 4.42 Å². The Morgan fingerprint density at radius 3 is 3.00 bits per heavy atom. The van der Waals surface area contributed by atoms with Crippen LogP contribution in [0.2, 0.25) is 0 Å². The van der Waals surface area contributed by atoms with Crippen molar-refractivity contribution in [1.82, 2.24) is 10.2 Å². The highest BCUT2D eigenvalue weighted by atomic mass is 16.4. The normalized spacial score (nSPS) is 8.57. The van der Waals surface area contributed by atoms with Crippen LogP contribution in [0.15, 0.2) is 15.4 Å². The fraction of sp³-hybridized carbons (Fsp3) is 0. The van der Waals surface area contributed by atoms with Crippen molar-refractivity contribution in [2.24, 2.45) is 0 Å². The van der Waals surface area contributed by atoms with Crippen LogP contribution in [-0.4, -0.2) is 10.2 Å². The van der Waals surface area contributed by atoms with Gasteiger partial charge in [0.25, 0.3) is 0 Å². The zero-order chi connectivity index (χ0) is 5.11. The highest BCUT2D eigenvalue weighted by Crippen LogP contribution is 1.55. The van der Waals surface area contributed by atoms with E-state index in [2.05, 4.69) is 14.6 Å². The standard InChI is InChI=1S/C3HN2O2/c6-3-1-4-5-2-7-3/h1H. The van der Waals surface area contributed by atoms with E-state index in [1.165, 1.54) is 0 Å². The van der Waals surface area contributed by atoms with Gasteiger partial charge in [0.2, 0.25) is 0 Å². The largest absolute Gasteiger partial charge is 0.396 e. The van der Waals surface area contributed by atoms with Gasteiger partial charge in [0, 0.05) is 0 Å². The first-order chi connectivity index (χ1) is 3.39. The van der Waals surface area contributed by atoms with Gasteiger partial charge in [-0.25, -0.2) is 4.79 Å². The molecule has 7 heavy (non-hydrogen) atoms. The van der Waals surface area contributed by atoms with Crippen molar-refractivity contribution in [2.45, 2.75) is 0 Å². The Kier molecular flexibility index (Phi) is 0.856. The molecule has 0 aliphatic rings. The highest BCUT2D eigenvalue weighted by Gasteiger charge is 1.76. The fourth-order valence-electron chi connectivity index (χ4n) is 0.191. The van der Waals surface area contributed by atoms with E-state index >= 15 is 0 Å². The molecule has 0 saturated carbocycles. The summed E-state index contributed by atoms with van der Waals surface area (Å²) in [5, 5.41) is 6.28. The summed E-state index contributed by atoms with van der Waals surface area (Å²) in [5.41, 5.74) is -0.532. The first kappa shape index (κ1) is 3.98. The molecule has 1 aromatic rings. The molecule has 0 spiro atoms. The molecule has 0 aliphatic heterocycles. The maximum Gasteiger partial charge on any atom is 0.358 e. The quantitative estimate of drug-likeness (QED) is 0.426. The second kappa shape index (κ2) is 1.51. The lowest BCUT2D eigenvalue weighted by atomic mass is 10.9. The van der Waals surface area contributed by atoms with Crippen LogP contribution in [0, 0.1) is 6.39 Å². The van der Waals surface area contributed by atoms with Gasteiger partial charge in [0.05, 0.1) is 0 Å². The minimum Gasteiger partial charge on any atom is -0.396 e. The van der Waals surface area contributed by atoms with Crippen LogP contribution in [0.25, 0.3) is 0 Å². The SMILES string of the molecule is O=c1cnn[c]o1. The predicted molar refractivity (Wildman–Crippen MR) is 19.4 cm³/mol. The Hall–Kier alpha value is -1.19. The lowest BCUT2D eigenvalue weighted by molar-refractivity contribution is 0.463. The molecule has 1 aromatic heterocycles. The van der Waals surface area contributed by atoms with Crippen LogP contribution in [-0.2, 0) is 0 Å². The summed E-state index contributed by atoms with van der Waals surface area (Å²) in [6.07, 6.45) is 2.88. The van der Waals surface area contributed by atoms with Gasteiger partial charge in [-0.05, 0) is 0 Å². The molecule has 0 bridgehead atoms. The topological polar surface area (TPSA) is 56.0 Å². The molecule has 0 unspecified atom stereocenters. The molecule has 35 valence electrons. The van der Waals surface area contributed by atoms with Crippen molar-refractivity contribution in [2.75, 3.05) is 0 Å². The Balaban J connectivity index is 3.28. The van der Waals surface area contributed by atoms with E-state index in [9.17, 15) is 4.79 Å². The fourth-order valence-corrected chi connectivity index (χ4v) is 0.191. The van der Waals surface area contributed by atoms with Gasteiger partial charge in [0.1, 0.15) is 6.20 Å². The Bertz CT molecular complexity index is 177. The smallest absolute Gasteiger partial charge is 0.358 e. The van der Waals surface area contributed by atoms with Crippen molar-refractivity contribution >= 4 is 0 Å². The van der Waals surface area contributed by atoms with Crippen molar-refractivity contribution in [3.63, 3.8) is 0 Å². The second-order valence-corrected chi connectivity index (χ2v) is 0.857. The van der Waals surface area contributed by atoms with Crippen LogP contribution < -0.4 is 5.63 Å². The first-order valence-electron chi connectivity index (χ1n) is 1.58. The van der Waals surface area contributed by atoms with Crippen molar-refractivity contribution in [1.29, 1.82) is 0 Å². The molecular weight excluding hydrogens is 96.0 g/mol. The average Bonchev–Trinajstić information content (AvgIpc) is 1.69. The summed E-state index contributed by atoms with van der Waals surface area (Å²) in [7, 11) is 0. The number of aromatic nitrogens is 2. The summed E-state index contributed by atoms with van der Waals surface area (Å²) < 4.78 is 4.07. The lowest BCUT2D eigenvalue weighted by Crippen LogP contribution is -1.96. The van der Waals surface area contributed by atoms with Gasteiger partial charge in [0.15, 0.2) is 0 Å². The summed E-state index contributed by atoms with van der Waals surface area (Å²) >= 11 is 0. The molecule has 0 aliphatic carbocycles. The van der Waals surface area contributed by atoms with Gasteiger partial charge >= 0.3 is 12.0 Å². The molecule has 1 radical (unpaired) electrons. The monoisotopic (exact) mass is 97.0 g/mol. The summed E-state index contributed by atoms with van der Waals surface area (Å²) in [4.78, 5) is 9.97. The highest BCUT2D eigenvalue weighted by molar-refractivity contribution is 4.55. The number of nitrogens with zero attached hydrogens (tertiary/aromatic N) is 2. The van der Waals surface area contributed by atoms with Crippen molar-refractivity contribution in [3.8, 4) is 0 Å². The second-order valence-electron chi connectivity index (χ2n) is 0.857. The number of hydrogen-bond acceptors (Lipinski definition) is 4. The molecular formula is C3HN2O2. The van der Waals surface area contributed by atoms with E-state index < -0.39 is 5.63 Å². The third kappa shape index (κ3) is 0.819. The summed E-state index contributed by atoms with van der Waals surface area (Å²) in [6, 6.07) is 0. The molecule has 4 heteroatoms. The third-order valence-corrected chi connectivity index (χ3v) is 0.408. The van der Waals surface area contributed by atoms with Gasteiger partial charge in [-0.15, -0.1) is 10.2 Å². The number of rotatable bonds is 0. The molecule has 0 aromatic carbocycles. The molecule has 0 atom stereocenters. The summed E-state index contributed by atoms with van der Waals surface area (Å²) in [6.45, 7) is 0. The maximum atomic E-state index is 9.97. The van der Waals surface area contributed by atoms with Crippen LogP contribution in [0.5, 0.6) is 0 Å². The molecule has 0 fully saturated rings. The van der Waals surface area contributed by atoms with Gasteiger partial charge in [-0.2, -0.15) is 0 Å². The van der Waals surface area contributed by atoms with Crippen LogP contribution >= 0.6 is 0 Å². The number of hydrogen-bond donors (Lipinski definition) is 0. The molecule has 0 N–H and O–H groups in total. The molecule has 1 rings (SSSR count). The lowest BCUT2D eigenvalue weighted by Gasteiger charge is -1.69. The molecule has 4 nitrogen and oxygen atoms in total. The zero-order valence-corrected chi connectivity index (χ0v) is 3.29. The minimum absolute atomic E-state index is 0.532. The van der Waals surface area contributed by atoms with E-state index in [4.69, 9.17) is 0 Å². The molecule has 0 saturated heterocycles. The van der Waals surface area contributed by atoms with E-state index in [1.807, 2.05) is 6.39 Å². The van der Waals surface area contributed by atoms with E-state index in [0.717, 1.165) is 6.20 Å². The van der Waals surface area contributed by atoms with Gasteiger partial charge in [-0.1, -0.05) is 0 Å². The van der Waals surface area contributed by atoms with E-state index in [-0.39, 0.29) is 0 Å². The van der Waals surface area contributed by atoms with E-state index in [0.29, 0.717) is 0 Å². The minimum atomic E-state index is -0.532. The molecule has 1 heterocycles. The van der Waals surface area contributed by atoms with Crippen LogP contribution in [0.1, 0.15) is 0 Å². The molecule has 0 amide bonds. The first-order valence-corrected chi connectivity index (χ1v) is 1.58. The average molecular weight is 97.1 g/mol. The predicted octanol–water partition coefficient (Wildman–Crippen LogP) is -0.770. The Morgan fingerprint density at radius 2 is 2.71 bits per heavy atom. The Morgan fingerprint density at radius 1 is 1.86 bits per heavy atom. The van der Waals surface area contributed by atoms with Crippen LogP contribution in [0.4, 0.5) is 0 Å². The van der Waals surface area contributed by atoms with Gasteiger partial charge < -0.3 is 4.42 Å². The van der Waals surface area contributed by atoms with Crippen LogP contribution in [0.3, 0.4) is 0 Å².